The molecule has 4 nitrogen and oxygen atoms in total. The third-order valence-electron chi connectivity index (χ3n) is 3.92. The Labute approximate surface area is 156 Å². The van der Waals surface area contributed by atoms with Crippen molar-refractivity contribution in [2.45, 2.75) is 26.3 Å². The van der Waals surface area contributed by atoms with Crippen molar-refractivity contribution in [2.24, 2.45) is 0 Å². The van der Waals surface area contributed by atoms with Gasteiger partial charge in [-0.05, 0) is 41.4 Å². The number of hydrogen-bond donors (Lipinski definition) is 2. The SMILES string of the molecule is CC[C@H](C)Nc1nc(Nc2ccccc2Br)cc(-c2ccccc2)n1. The third kappa shape index (κ3) is 4.57. The predicted molar refractivity (Wildman–Crippen MR) is 108 cm³/mol. The van der Waals surface area contributed by atoms with Crippen molar-refractivity contribution < 1.29 is 0 Å². The van der Waals surface area contributed by atoms with E-state index >= 15 is 0 Å². The van der Waals surface area contributed by atoms with Gasteiger partial charge in [0.1, 0.15) is 5.82 Å². The van der Waals surface area contributed by atoms with Crippen molar-refractivity contribution >= 4 is 33.4 Å². The molecule has 3 rings (SSSR count). The second-order valence-corrected chi connectivity index (χ2v) is 6.74. The average Bonchev–Trinajstić information content (AvgIpc) is 2.64. The summed E-state index contributed by atoms with van der Waals surface area (Å²) in [6.45, 7) is 4.26. The van der Waals surface area contributed by atoms with Gasteiger partial charge in [-0.1, -0.05) is 49.4 Å². The van der Waals surface area contributed by atoms with Crippen molar-refractivity contribution in [1.82, 2.24) is 9.97 Å². The molecule has 128 valence electrons. The number of nitrogens with zero attached hydrogens (tertiary/aromatic N) is 2. The molecule has 0 bridgehead atoms. The number of nitrogens with one attached hydrogen (secondary N) is 2. The van der Waals surface area contributed by atoms with Crippen LogP contribution in [0.15, 0.2) is 65.1 Å². The summed E-state index contributed by atoms with van der Waals surface area (Å²) in [5.74, 6) is 1.39. The second kappa shape index (κ2) is 8.12. The lowest BCUT2D eigenvalue weighted by atomic mass is 10.1. The van der Waals surface area contributed by atoms with Gasteiger partial charge in [0, 0.05) is 22.1 Å². The number of benzene rings is 2. The Balaban J connectivity index is 1.99. The highest BCUT2D eigenvalue weighted by atomic mass is 79.9. The van der Waals surface area contributed by atoms with Crippen LogP contribution in [-0.4, -0.2) is 16.0 Å². The van der Waals surface area contributed by atoms with Gasteiger partial charge in [-0.2, -0.15) is 4.98 Å². The Bertz CT molecular complexity index is 836. The smallest absolute Gasteiger partial charge is 0.225 e. The van der Waals surface area contributed by atoms with Crippen LogP contribution in [0.25, 0.3) is 11.3 Å². The fourth-order valence-corrected chi connectivity index (χ4v) is 2.74. The first-order valence-electron chi connectivity index (χ1n) is 8.38. The van der Waals surface area contributed by atoms with E-state index in [0.29, 0.717) is 12.0 Å². The van der Waals surface area contributed by atoms with Gasteiger partial charge >= 0.3 is 0 Å². The van der Waals surface area contributed by atoms with E-state index in [0.717, 1.165) is 33.7 Å². The summed E-state index contributed by atoms with van der Waals surface area (Å²) < 4.78 is 0.992. The van der Waals surface area contributed by atoms with E-state index < -0.39 is 0 Å². The lowest BCUT2D eigenvalue weighted by molar-refractivity contribution is 0.753. The molecule has 2 N–H and O–H groups in total. The van der Waals surface area contributed by atoms with Crippen molar-refractivity contribution in [1.29, 1.82) is 0 Å². The predicted octanol–water partition coefficient (Wildman–Crippen LogP) is 5.86. The quantitative estimate of drug-likeness (QED) is 0.547. The largest absolute Gasteiger partial charge is 0.352 e. The molecule has 0 aliphatic rings. The van der Waals surface area contributed by atoms with E-state index in [1.54, 1.807) is 0 Å². The molecule has 1 aromatic heterocycles. The summed E-state index contributed by atoms with van der Waals surface area (Å²) in [5, 5.41) is 6.74. The molecule has 5 heteroatoms. The Morgan fingerprint density at radius 2 is 1.72 bits per heavy atom. The van der Waals surface area contributed by atoms with Gasteiger partial charge in [-0.15, -0.1) is 0 Å². The van der Waals surface area contributed by atoms with Crippen LogP contribution in [0, 0.1) is 0 Å². The zero-order valence-corrected chi connectivity index (χ0v) is 15.9. The summed E-state index contributed by atoms with van der Waals surface area (Å²) in [7, 11) is 0. The molecule has 25 heavy (non-hydrogen) atoms. The zero-order chi connectivity index (χ0) is 17.6. The van der Waals surface area contributed by atoms with Crippen molar-refractivity contribution in [3.8, 4) is 11.3 Å². The topological polar surface area (TPSA) is 49.8 Å². The highest BCUT2D eigenvalue weighted by Gasteiger charge is 2.09. The van der Waals surface area contributed by atoms with E-state index in [4.69, 9.17) is 0 Å². The summed E-state index contributed by atoms with van der Waals surface area (Å²) in [4.78, 5) is 9.31. The van der Waals surface area contributed by atoms with Crippen molar-refractivity contribution in [3.63, 3.8) is 0 Å². The first kappa shape index (κ1) is 17.4. The number of aromatic nitrogens is 2. The average molecular weight is 397 g/mol. The monoisotopic (exact) mass is 396 g/mol. The van der Waals surface area contributed by atoms with E-state index in [1.165, 1.54) is 0 Å². The van der Waals surface area contributed by atoms with Gasteiger partial charge in [0.05, 0.1) is 11.4 Å². The van der Waals surface area contributed by atoms with Crippen LogP contribution in [0.2, 0.25) is 0 Å². The Morgan fingerprint density at radius 1 is 1.00 bits per heavy atom. The van der Waals surface area contributed by atoms with Crippen LogP contribution >= 0.6 is 15.9 Å². The van der Waals surface area contributed by atoms with Gasteiger partial charge in [0.2, 0.25) is 5.95 Å². The summed E-state index contributed by atoms with van der Waals surface area (Å²) >= 11 is 3.57. The molecule has 0 fully saturated rings. The molecular weight excluding hydrogens is 376 g/mol. The lowest BCUT2D eigenvalue weighted by Crippen LogP contribution is -2.16. The third-order valence-corrected chi connectivity index (χ3v) is 4.61. The maximum atomic E-state index is 4.68. The second-order valence-electron chi connectivity index (χ2n) is 5.89. The maximum Gasteiger partial charge on any atom is 0.225 e. The highest BCUT2D eigenvalue weighted by molar-refractivity contribution is 9.10. The van der Waals surface area contributed by atoms with Crippen LogP contribution in [0.4, 0.5) is 17.5 Å². The Hall–Kier alpha value is -2.40. The van der Waals surface area contributed by atoms with E-state index in [9.17, 15) is 0 Å². The number of halogens is 1. The fraction of sp³-hybridized carbons (Fsp3) is 0.200. The van der Waals surface area contributed by atoms with Crippen LogP contribution in [0.1, 0.15) is 20.3 Å². The molecule has 0 spiro atoms. The zero-order valence-electron chi connectivity index (χ0n) is 14.3. The van der Waals surface area contributed by atoms with Gasteiger partial charge < -0.3 is 10.6 Å². The molecule has 1 atom stereocenters. The van der Waals surface area contributed by atoms with Crippen molar-refractivity contribution in [3.05, 3.63) is 65.1 Å². The first-order valence-corrected chi connectivity index (χ1v) is 9.17. The minimum Gasteiger partial charge on any atom is -0.352 e. The summed E-state index contributed by atoms with van der Waals surface area (Å²) in [6, 6.07) is 20.4. The van der Waals surface area contributed by atoms with E-state index in [2.05, 4.69) is 62.5 Å². The standard InChI is InChI=1S/C20H21BrN4/c1-3-14(2)22-20-24-18(15-9-5-4-6-10-15)13-19(25-20)23-17-12-8-7-11-16(17)21/h4-14H,3H2,1-2H3,(H2,22,23,24,25)/t14-/m0/s1. The van der Waals surface area contributed by atoms with Gasteiger partial charge in [-0.25, -0.2) is 4.98 Å². The molecule has 0 unspecified atom stereocenters. The molecular formula is C20H21BrN4. The highest BCUT2D eigenvalue weighted by Crippen LogP contribution is 2.27. The first-order chi connectivity index (χ1) is 12.2. The molecule has 0 radical (unpaired) electrons. The number of para-hydroxylation sites is 1. The maximum absolute atomic E-state index is 4.68. The normalized spacial score (nSPS) is 11.8. The van der Waals surface area contributed by atoms with Crippen LogP contribution in [0.5, 0.6) is 0 Å². The number of rotatable bonds is 6. The van der Waals surface area contributed by atoms with Gasteiger partial charge in [0.25, 0.3) is 0 Å². The summed E-state index contributed by atoms with van der Waals surface area (Å²) in [6.07, 6.45) is 1.01. The van der Waals surface area contributed by atoms with E-state index in [-0.39, 0.29) is 0 Å². The molecule has 0 saturated carbocycles. The molecule has 3 aromatic rings. The minimum absolute atomic E-state index is 0.308. The van der Waals surface area contributed by atoms with Crippen molar-refractivity contribution in [2.75, 3.05) is 10.6 Å². The molecule has 1 heterocycles. The van der Waals surface area contributed by atoms with Crippen LogP contribution in [0.3, 0.4) is 0 Å². The van der Waals surface area contributed by atoms with Gasteiger partial charge in [0.15, 0.2) is 0 Å². The Morgan fingerprint density at radius 3 is 2.44 bits per heavy atom. The minimum atomic E-state index is 0.308. The lowest BCUT2D eigenvalue weighted by Gasteiger charge is -2.15. The van der Waals surface area contributed by atoms with Gasteiger partial charge in [-0.3, -0.25) is 0 Å². The van der Waals surface area contributed by atoms with Crippen LogP contribution in [-0.2, 0) is 0 Å². The van der Waals surface area contributed by atoms with E-state index in [1.807, 2.05) is 48.5 Å². The fourth-order valence-electron chi connectivity index (χ4n) is 2.36. The molecule has 0 aliphatic carbocycles. The number of hydrogen-bond acceptors (Lipinski definition) is 4. The Kier molecular flexibility index (Phi) is 5.66. The molecule has 0 aliphatic heterocycles. The van der Waals surface area contributed by atoms with Crippen LogP contribution < -0.4 is 10.6 Å². The number of anilines is 3. The molecule has 2 aromatic carbocycles. The molecule has 0 saturated heterocycles. The molecule has 0 amide bonds. The summed E-state index contributed by atoms with van der Waals surface area (Å²) in [5.41, 5.74) is 2.91.